The molecule has 0 aromatic heterocycles. The molecule has 0 bridgehead atoms. The van der Waals surface area contributed by atoms with Crippen LogP contribution in [0.3, 0.4) is 0 Å². The van der Waals surface area contributed by atoms with E-state index >= 15 is 0 Å². The van der Waals surface area contributed by atoms with Crippen LogP contribution in [-0.4, -0.2) is 69.2 Å². The Morgan fingerprint density at radius 2 is 0.750 bits per heavy atom. The van der Waals surface area contributed by atoms with E-state index in [1.807, 2.05) is 0 Å². The highest BCUT2D eigenvalue weighted by molar-refractivity contribution is 7.86. The molecule has 0 saturated carbocycles. The lowest BCUT2D eigenvalue weighted by atomic mass is 9.94. The quantitative estimate of drug-likeness (QED) is 0.0911. The summed E-state index contributed by atoms with van der Waals surface area (Å²) in [4.78, 5) is 38.5. The molecule has 0 aliphatic rings. The maximum Gasteiger partial charge on any atom is 0.295 e. The zero-order chi connectivity index (χ0) is 41.3. The fourth-order valence-electron chi connectivity index (χ4n) is 5.79. The van der Waals surface area contributed by atoms with E-state index < -0.39 is 88.5 Å². The first-order valence-electron chi connectivity index (χ1n) is 15.1. The highest BCUT2D eigenvalue weighted by atomic mass is 35.5. The summed E-state index contributed by atoms with van der Waals surface area (Å²) in [6.07, 6.45) is 0. The Labute approximate surface area is 327 Å². The van der Waals surface area contributed by atoms with Crippen molar-refractivity contribution in [2.45, 2.75) is 19.6 Å². The lowest BCUT2D eigenvalue weighted by molar-refractivity contribution is 0.103. The van der Waals surface area contributed by atoms with Crippen molar-refractivity contribution >= 4 is 103 Å². The Hall–Kier alpha value is -4.93. The van der Waals surface area contributed by atoms with Gasteiger partial charge in [0, 0.05) is 44.2 Å². The molecule has 0 fully saturated rings. The van der Waals surface area contributed by atoms with Crippen molar-refractivity contribution in [3.8, 4) is 0 Å². The Kier molecular flexibility index (Phi) is 10.3. The summed E-state index contributed by atoms with van der Waals surface area (Å²) in [7, 11) is -19.6. The van der Waals surface area contributed by atoms with E-state index in [4.69, 9.17) is 23.2 Å². The minimum absolute atomic E-state index is 0.186. The number of ketones is 3. The van der Waals surface area contributed by atoms with Gasteiger partial charge in [-0.25, -0.2) is 0 Å². The SMILES string of the molecule is O=C(c1ccc(Cl)c(C(=O)c2cc(S(=O)(=O)O)c3ccc(S(=O)(=O)O)cc3c2)c1)c1ccc(Cl)c(C(=O)c2cc(S(=O)(=O)O)c3ccc(S(=O)(=O)O)cc3c2)c1. The molecule has 0 amide bonds. The van der Waals surface area contributed by atoms with Crippen LogP contribution in [0.25, 0.3) is 21.5 Å². The normalized spacial score (nSPS) is 12.5. The third kappa shape index (κ3) is 8.00. The third-order valence-corrected chi connectivity index (χ3v) is 12.5. The molecule has 0 unspecified atom stereocenters. The average Bonchev–Trinajstić information content (AvgIpc) is 3.11. The van der Waals surface area contributed by atoms with E-state index in [-0.39, 0.29) is 53.8 Å². The topological polar surface area (TPSA) is 269 Å². The molecule has 6 rings (SSSR count). The van der Waals surface area contributed by atoms with Crippen LogP contribution in [0.1, 0.15) is 47.8 Å². The number of halogens is 2. The van der Waals surface area contributed by atoms with E-state index in [0.717, 1.165) is 84.9 Å². The maximum atomic E-state index is 13.8. The Morgan fingerprint density at radius 3 is 1.07 bits per heavy atom. The number of carbonyl (C=O) groups excluding carboxylic acids is 3. The molecule has 0 saturated heterocycles. The number of rotatable bonds is 10. The van der Waals surface area contributed by atoms with Crippen LogP contribution in [0, 0.1) is 0 Å². The van der Waals surface area contributed by atoms with Crippen molar-refractivity contribution < 1.29 is 66.3 Å². The van der Waals surface area contributed by atoms with Crippen LogP contribution >= 0.6 is 23.2 Å². The van der Waals surface area contributed by atoms with E-state index in [1.54, 1.807) is 0 Å². The Balaban J connectivity index is 1.42. The minimum Gasteiger partial charge on any atom is -0.289 e. The van der Waals surface area contributed by atoms with E-state index in [0.29, 0.717) is 0 Å². The van der Waals surface area contributed by atoms with Crippen molar-refractivity contribution in [3.63, 3.8) is 0 Å². The molecule has 21 heteroatoms. The number of hydrogen-bond acceptors (Lipinski definition) is 11. The van der Waals surface area contributed by atoms with Crippen molar-refractivity contribution in [1.29, 1.82) is 0 Å². The van der Waals surface area contributed by atoms with Gasteiger partial charge in [-0.1, -0.05) is 35.3 Å². The lowest BCUT2D eigenvalue weighted by Crippen LogP contribution is -2.10. The van der Waals surface area contributed by atoms with Gasteiger partial charge in [-0.05, 0) is 95.7 Å². The smallest absolute Gasteiger partial charge is 0.289 e. The predicted molar refractivity (Wildman–Crippen MR) is 200 cm³/mol. The van der Waals surface area contributed by atoms with Crippen LogP contribution in [0.15, 0.2) is 117 Å². The second-order valence-corrected chi connectivity index (χ2v) is 18.4. The molecule has 6 aromatic carbocycles. The molecule has 0 heterocycles. The van der Waals surface area contributed by atoms with Crippen LogP contribution in [0.4, 0.5) is 0 Å². The highest BCUT2D eigenvalue weighted by Crippen LogP contribution is 2.33. The summed E-state index contributed by atoms with van der Waals surface area (Å²) >= 11 is 12.6. The first-order chi connectivity index (χ1) is 25.8. The summed E-state index contributed by atoms with van der Waals surface area (Å²) < 4.78 is 135. The summed E-state index contributed by atoms with van der Waals surface area (Å²) in [6, 6.07) is 16.1. The fraction of sp³-hybridized carbons (Fsp3) is 0. The summed E-state index contributed by atoms with van der Waals surface area (Å²) in [6.45, 7) is 0. The maximum absolute atomic E-state index is 13.8. The van der Waals surface area contributed by atoms with E-state index in [2.05, 4.69) is 0 Å². The zero-order valence-corrected chi connectivity index (χ0v) is 32.2. The van der Waals surface area contributed by atoms with Gasteiger partial charge in [0.15, 0.2) is 17.3 Å². The zero-order valence-electron chi connectivity index (χ0n) is 27.4. The van der Waals surface area contributed by atoms with Gasteiger partial charge in [0.05, 0.1) is 19.8 Å². The van der Waals surface area contributed by atoms with Crippen molar-refractivity contribution in [2.75, 3.05) is 0 Å². The fourth-order valence-corrected chi connectivity index (χ4v) is 8.71. The molecular formula is C35H20Cl2O15S4. The van der Waals surface area contributed by atoms with Gasteiger partial charge >= 0.3 is 0 Å². The lowest BCUT2D eigenvalue weighted by Gasteiger charge is -2.12. The molecule has 0 spiro atoms. The first-order valence-corrected chi connectivity index (χ1v) is 21.6. The molecule has 0 aliphatic heterocycles. The third-order valence-electron chi connectivity index (χ3n) is 8.39. The summed E-state index contributed by atoms with van der Waals surface area (Å²) in [5.74, 6) is -2.78. The number of hydrogen-bond donors (Lipinski definition) is 4. The monoisotopic (exact) mass is 878 g/mol. The van der Waals surface area contributed by atoms with Crippen LogP contribution in [0.5, 0.6) is 0 Å². The summed E-state index contributed by atoms with van der Waals surface area (Å²) in [5.41, 5.74) is -1.95. The number of carbonyl (C=O) groups is 3. The van der Waals surface area contributed by atoms with Crippen molar-refractivity contribution in [3.05, 3.63) is 140 Å². The molecule has 0 radical (unpaired) electrons. The minimum atomic E-state index is -5.01. The van der Waals surface area contributed by atoms with Gasteiger partial charge in [0.1, 0.15) is 9.79 Å². The van der Waals surface area contributed by atoms with Gasteiger partial charge in [-0.3, -0.25) is 32.6 Å². The molecular weight excluding hydrogens is 860 g/mol. The molecule has 6 aromatic rings. The van der Waals surface area contributed by atoms with Crippen molar-refractivity contribution in [1.82, 2.24) is 0 Å². The Bertz CT molecular complexity index is 3000. The molecule has 0 aliphatic carbocycles. The number of fused-ring (bicyclic) bond motifs is 2. The molecule has 0 atom stereocenters. The van der Waals surface area contributed by atoms with Crippen molar-refractivity contribution in [2.24, 2.45) is 0 Å². The average molecular weight is 880 g/mol. The van der Waals surface area contributed by atoms with Gasteiger partial charge < -0.3 is 0 Å². The summed E-state index contributed by atoms with van der Waals surface area (Å²) in [5, 5.41) is -1.20. The first kappa shape index (κ1) is 40.7. The highest BCUT2D eigenvalue weighted by Gasteiger charge is 2.25. The Morgan fingerprint density at radius 1 is 0.393 bits per heavy atom. The van der Waals surface area contributed by atoms with Gasteiger partial charge in [-0.2, -0.15) is 33.7 Å². The second-order valence-electron chi connectivity index (χ2n) is 12.0. The van der Waals surface area contributed by atoms with Crippen LogP contribution < -0.4 is 0 Å². The predicted octanol–water partition coefficient (Wildman–Crippen LogP) is 5.98. The van der Waals surface area contributed by atoms with Crippen LogP contribution in [-0.2, 0) is 40.5 Å². The van der Waals surface area contributed by atoms with Crippen LogP contribution in [0.2, 0.25) is 10.0 Å². The molecule has 56 heavy (non-hydrogen) atoms. The van der Waals surface area contributed by atoms with E-state index in [9.17, 15) is 66.3 Å². The molecule has 4 N–H and O–H groups in total. The van der Waals surface area contributed by atoms with Gasteiger partial charge in [0.2, 0.25) is 0 Å². The van der Waals surface area contributed by atoms with Gasteiger partial charge in [-0.15, -0.1) is 0 Å². The van der Waals surface area contributed by atoms with Gasteiger partial charge in [0.25, 0.3) is 40.5 Å². The standard InChI is InChI=1S/C35H20Cl2O15S4/c36-29-7-1-17(13-27(29)34(39)21-9-19-11-23(53(41,42)43)3-5-25(19)31(15-21)55(47,48)49)33(38)18-2-8-30(37)28(14-18)35(40)22-10-20-12-24(54(44,45)46)4-6-26(20)32(16-22)56(50,51)52/h1-16H,(H,41,42,43)(H,44,45,46)(H,47,48,49)(H,50,51,52). The largest absolute Gasteiger partial charge is 0.295 e. The number of benzene rings is 6. The van der Waals surface area contributed by atoms with E-state index in [1.165, 1.54) is 12.1 Å². The molecule has 288 valence electrons. The molecule has 15 nitrogen and oxygen atoms in total. The second kappa shape index (κ2) is 14.2.